The van der Waals surface area contributed by atoms with E-state index >= 15 is 0 Å². The highest BCUT2D eigenvalue weighted by Gasteiger charge is 2.10. The van der Waals surface area contributed by atoms with Gasteiger partial charge in [0.2, 0.25) is 0 Å². The van der Waals surface area contributed by atoms with E-state index in [0.717, 1.165) is 23.6 Å². The normalized spacial score (nSPS) is 11.2. The van der Waals surface area contributed by atoms with Crippen LogP contribution in [0.5, 0.6) is 0 Å². The van der Waals surface area contributed by atoms with Crippen molar-refractivity contribution in [2.24, 2.45) is 0 Å². The average Bonchev–Trinajstić information content (AvgIpc) is 2.68. The SMILES string of the molecule is Cc1c(CNC(C)C)nnn1-c1cccc(Cl)c1. The monoisotopic (exact) mass is 264 g/mol. The molecule has 0 aliphatic heterocycles. The molecule has 0 spiro atoms. The van der Waals surface area contributed by atoms with Gasteiger partial charge in [0.1, 0.15) is 0 Å². The Balaban J connectivity index is 2.25. The smallest absolute Gasteiger partial charge is 0.0998 e. The zero-order chi connectivity index (χ0) is 13.1. The molecule has 1 aromatic carbocycles. The molecule has 4 nitrogen and oxygen atoms in total. The third kappa shape index (κ3) is 2.89. The summed E-state index contributed by atoms with van der Waals surface area (Å²) in [5.41, 5.74) is 2.93. The van der Waals surface area contributed by atoms with Crippen LogP contribution in [0.4, 0.5) is 0 Å². The molecule has 96 valence electrons. The van der Waals surface area contributed by atoms with Gasteiger partial charge < -0.3 is 5.32 Å². The maximum atomic E-state index is 5.98. The van der Waals surface area contributed by atoms with Crippen LogP contribution in [-0.4, -0.2) is 21.0 Å². The molecule has 0 saturated heterocycles. The fourth-order valence-electron chi connectivity index (χ4n) is 1.68. The minimum atomic E-state index is 0.431. The van der Waals surface area contributed by atoms with Crippen LogP contribution in [0.2, 0.25) is 5.02 Å². The standard InChI is InChI=1S/C13H17ClN4/c1-9(2)15-8-13-10(3)18(17-16-13)12-6-4-5-11(14)7-12/h4-7,9,15H,8H2,1-3H3. The van der Waals surface area contributed by atoms with Crippen LogP contribution in [0.25, 0.3) is 5.69 Å². The van der Waals surface area contributed by atoms with Crippen molar-refractivity contribution in [3.63, 3.8) is 0 Å². The minimum absolute atomic E-state index is 0.431. The zero-order valence-electron chi connectivity index (χ0n) is 10.8. The van der Waals surface area contributed by atoms with Crippen LogP contribution in [0, 0.1) is 6.92 Å². The van der Waals surface area contributed by atoms with Crippen molar-refractivity contribution in [1.82, 2.24) is 20.3 Å². The Morgan fingerprint density at radius 2 is 2.17 bits per heavy atom. The summed E-state index contributed by atoms with van der Waals surface area (Å²) in [5.74, 6) is 0. The minimum Gasteiger partial charge on any atom is -0.309 e. The predicted molar refractivity (Wildman–Crippen MR) is 73.1 cm³/mol. The van der Waals surface area contributed by atoms with E-state index in [1.165, 1.54) is 0 Å². The summed E-state index contributed by atoms with van der Waals surface area (Å²) in [4.78, 5) is 0. The molecule has 0 unspecified atom stereocenters. The molecule has 0 bridgehead atoms. The molecule has 0 radical (unpaired) electrons. The van der Waals surface area contributed by atoms with E-state index in [-0.39, 0.29) is 0 Å². The average molecular weight is 265 g/mol. The molecule has 1 aromatic heterocycles. The molecule has 2 aromatic rings. The first kappa shape index (κ1) is 13.1. The number of halogens is 1. The van der Waals surface area contributed by atoms with Crippen LogP contribution in [0.1, 0.15) is 25.2 Å². The molecule has 0 aliphatic carbocycles. The van der Waals surface area contributed by atoms with Gasteiger partial charge in [-0.2, -0.15) is 0 Å². The summed E-state index contributed by atoms with van der Waals surface area (Å²) < 4.78 is 1.81. The number of rotatable bonds is 4. The molecule has 0 atom stereocenters. The van der Waals surface area contributed by atoms with Crippen molar-refractivity contribution in [2.45, 2.75) is 33.4 Å². The first-order valence-corrected chi connectivity index (χ1v) is 6.36. The Morgan fingerprint density at radius 3 is 2.83 bits per heavy atom. The maximum Gasteiger partial charge on any atom is 0.0998 e. The summed E-state index contributed by atoms with van der Waals surface area (Å²) in [6.45, 7) is 6.95. The lowest BCUT2D eigenvalue weighted by Gasteiger charge is -2.07. The number of aromatic nitrogens is 3. The van der Waals surface area contributed by atoms with Crippen molar-refractivity contribution in [3.05, 3.63) is 40.7 Å². The fraction of sp³-hybridized carbons (Fsp3) is 0.385. The topological polar surface area (TPSA) is 42.7 Å². The number of nitrogens with zero attached hydrogens (tertiary/aromatic N) is 3. The third-order valence-electron chi connectivity index (χ3n) is 2.72. The van der Waals surface area contributed by atoms with E-state index in [9.17, 15) is 0 Å². The van der Waals surface area contributed by atoms with Gasteiger partial charge in [-0.3, -0.25) is 0 Å². The molecule has 0 aliphatic rings. The second-order valence-electron chi connectivity index (χ2n) is 4.55. The highest BCUT2D eigenvalue weighted by molar-refractivity contribution is 6.30. The zero-order valence-corrected chi connectivity index (χ0v) is 11.6. The van der Waals surface area contributed by atoms with E-state index in [0.29, 0.717) is 11.1 Å². The Bertz CT molecular complexity index is 534. The Labute approximate surface area is 112 Å². The van der Waals surface area contributed by atoms with Gasteiger partial charge in [0.25, 0.3) is 0 Å². The summed E-state index contributed by atoms with van der Waals surface area (Å²) in [6, 6.07) is 8.03. The molecule has 0 saturated carbocycles. The van der Waals surface area contributed by atoms with E-state index < -0.39 is 0 Å². The van der Waals surface area contributed by atoms with Gasteiger partial charge in [-0.15, -0.1) is 5.10 Å². The number of benzene rings is 1. The molecule has 18 heavy (non-hydrogen) atoms. The van der Waals surface area contributed by atoms with Gasteiger partial charge >= 0.3 is 0 Å². The van der Waals surface area contributed by atoms with Crippen molar-refractivity contribution in [3.8, 4) is 5.69 Å². The van der Waals surface area contributed by atoms with Crippen LogP contribution in [0.15, 0.2) is 24.3 Å². The lowest BCUT2D eigenvalue weighted by molar-refractivity contribution is 0.579. The van der Waals surface area contributed by atoms with Crippen molar-refractivity contribution >= 4 is 11.6 Å². The molecular formula is C13H17ClN4. The van der Waals surface area contributed by atoms with Gasteiger partial charge in [0.05, 0.1) is 17.1 Å². The quantitative estimate of drug-likeness (QED) is 0.923. The van der Waals surface area contributed by atoms with E-state index in [2.05, 4.69) is 29.5 Å². The van der Waals surface area contributed by atoms with Gasteiger partial charge in [-0.05, 0) is 25.1 Å². The maximum absolute atomic E-state index is 5.98. The van der Waals surface area contributed by atoms with Gasteiger partial charge in [-0.1, -0.05) is 36.7 Å². The molecule has 0 fully saturated rings. The van der Waals surface area contributed by atoms with Crippen molar-refractivity contribution in [1.29, 1.82) is 0 Å². The van der Waals surface area contributed by atoms with Crippen LogP contribution in [-0.2, 0) is 6.54 Å². The highest BCUT2D eigenvalue weighted by Crippen LogP contribution is 2.16. The number of nitrogens with one attached hydrogen (secondary N) is 1. The van der Waals surface area contributed by atoms with Crippen molar-refractivity contribution < 1.29 is 0 Å². The highest BCUT2D eigenvalue weighted by atomic mass is 35.5. The van der Waals surface area contributed by atoms with E-state index in [1.54, 1.807) is 0 Å². The molecule has 1 heterocycles. The number of hydrogen-bond donors (Lipinski definition) is 1. The van der Waals surface area contributed by atoms with Gasteiger partial charge in [0, 0.05) is 17.6 Å². The van der Waals surface area contributed by atoms with E-state index in [1.807, 2.05) is 35.9 Å². The van der Waals surface area contributed by atoms with E-state index in [4.69, 9.17) is 11.6 Å². The second-order valence-corrected chi connectivity index (χ2v) is 4.99. The lowest BCUT2D eigenvalue weighted by Crippen LogP contribution is -2.22. The summed E-state index contributed by atoms with van der Waals surface area (Å²) in [6.07, 6.45) is 0. The first-order chi connectivity index (χ1) is 8.58. The molecule has 0 amide bonds. The van der Waals surface area contributed by atoms with Crippen molar-refractivity contribution in [2.75, 3.05) is 0 Å². The molecule has 2 rings (SSSR count). The summed E-state index contributed by atoms with van der Waals surface area (Å²) >= 11 is 5.98. The number of hydrogen-bond acceptors (Lipinski definition) is 3. The largest absolute Gasteiger partial charge is 0.309 e. The molecule has 1 N–H and O–H groups in total. The second kappa shape index (κ2) is 5.50. The Hall–Kier alpha value is -1.39. The lowest BCUT2D eigenvalue weighted by atomic mass is 10.3. The van der Waals surface area contributed by atoms with Crippen LogP contribution in [0.3, 0.4) is 0 Å². The molecule has 5 heteroatoms. The van der Waals surface area contributed by atoms with Gasteiger partial charge in [-0.25, -0.2) is 4.68 Å². The third-order valence-corrected chi connectivity index (χ3v) is 2.96. The fourth-order valence-corrected chi connectivity index (χ4v) is 1.86. The summed E-state index contributed by atoms with van der Waals surface area (Å²) in [7, 11) is 0. The van der Waals surface area contributed by atoms with Crippen LogP contribution >= 0.6 is 11.6 Å². The van der Waals surface area contributed by atoms with Crippen LogP contribution < -0.4 is 5.32 Å². The molecular weight excluding hydrogens is 248 g/mol. The Kier molecular flexibility index (Phi) is 3.99. The predicted octanol–water partition coefficient (Wildman–Crippen LogP) is 2.73. The first-order valence-electron chi connectivity index (χ1n) is 5.98. The summed E-state index contributed by atoms with van der Waals surface area (Å²) in [5, 5.41) is 12.4. The Morgan fingerprint density at radius 1 is 1.39 bits per heavy atom. The van der Waals surface area contributed by atoms with Gasteiger partial charge in [0.15, 0.2) is 0 Å².